The van der Waals surface area contributed by atoms with Crippen molar-refractivity contribution in [2.24, 2.45) is 0 Å². The van der Waals surface area contributed by atoms with Crippen molar-refractivity contribution >= 4 is 0 Å². The predicted octanol–water partition coefficient (Wildman–Crippen LogP) is 1.37. The van der Waals surface area contributed by atoms with Crippen LogP contribution in [0.4, 0.5) is 0 Å². The van der Waals surface area contributed by atoms with Crippen LogP contribution in [-0.2, 0) is 0 Å². The van der Waals surface area contributed by atoms with Gasteiger partial charge in [-0.3, -0.25) is 0 Å². The quantitative estimate of drug-likeness (QED) is 0.678. The van der Waals surface area contributed by atoms with Gasteiger partial charge in [-0.15, -0.1) is 0 Å². The van der Waals surface area contributed by atoms with Crippen LogP contribution in [0.15, 0.2) is 0 Å². The molecule has 3 saturated heterocycles. The van der Waals surface area contributed by atoms with Crippen LogP contribution < -0.4 is 0 Å². The second-order valence-electron chi connectivity index (χ2n) is 9.31. The van der Waals surface area contributed by atoms with Crippen LogP contribution in [0.1, 0.15) is 27.7 Å². The molecule has 3 rings (SSSR count). The fraction of sp³-hybridized carbons (Fsp3) is 1.00. The Morgan fingerprint density at radius 2 is 0.583 bits per heavy atom. The van der Waals surface area contributed by atoms with Gasteiger partial charge in [-0.1, -0.05) is 0 Å². The number of piperazine rings is 3. The molecule has 0 radical (unpaired) electrons. The zero-order valence-electron chi connectivity index (χ0n) is 17.1. The van der Waals surface area contributed by atoms with Crippen molar-refractivity contribution in [3.05, 3.63) is 0 Å². The molecule has 0 aromatic rings. The molecular weight excluding hydrogens is 296 g/mol. The minimum absolute atomic E-state index is 1.34. The lowest BCUT2D eigenvalue weighted by Gasteiger charge is -2.56. The van der Waals surface area contributed by atoms with Gasteiger partial charge in [-0.2, -0.15) is 0 Å². The first kappa shape index (κ1) is 18.6. The summed E-state index contributed by atoms with van der Waals surface area (Å²) in [6, 6.07) is 0. The van der Waals surface area contributed by atoms with Crippen molar-refractivity contribution in [2.45, 2.75) is 27.7 Å². The van der Waals surface area contributed by atoms with Crippen molar-refractivity contribution < 1.29 is 17.9 Å². The smallest absolute Gasteiger partial charge is 0.129 e. The Labute approximate surface area is 151 Å². The summed E-state index contributed by atoms with van der Waals surface area (Å²) in [6.07, 6.45) is 0. The molecule has 0 N–H and O–H groups in total. The molecule has 3 heterocycles. The first-order valence-corrected chi connectivity index (χ1v) is 10.9. The first-order valence-electron chi connectivity index (χ1n) is 10.9. The number of nitrogens with zero attached hydrogens (tertiary/aromatic N) is 4. The Hall–Kier alpha value is -0.160. The zero-order chi connectivity index (χ0) is 17.3. The lowest BCUT2D eigenvalue weighted by molar-refractivity contribution is -1.09. The lowest BCUT2D eigenvalue weighted by atomic mass is 10.1. The van der Waals surface area contributed by atoms with E-state index in [1.807, 2.05) is 0 Å². The Morgan fingerprint density at radius 3 is 0.792 bits per heavy atom. The second kappa shape index (κ2) is 6.86. The second-order valence-corrected chi connectivity index (χ2v) is 9.31. The molecule has 4 heteroatoms. The molecule has 0 aromatic heterocycles. The van der Waals surface area contributed by atoms with Gasteiger partial charge in [-0.05, 0) is 27.7 Å². The lowest BCUT2D eigenvalue weighted by Crippen LogP contribution is -2.76. The van der Waals surface area contributed by atoms with E-state index in [4.69, 9.17) is 0 Å². The van der Waals surface area contributed by atoms with Crippen LogP contribution in [0.5, 0.6) is 0 Å². The van der Waals surface area contributed by atoms with Crippen molar-refractivity contribution in [1.29, 1.82) is 0 Å². The topological polar surface area (TPSA) is 0 Å². The van der Waals surface area contributed by atoms with E-state index in [1.54, 1.807) is 0 Å². The molecular formula is C20H44N4+4. The monoisotopic (exact) mass is 340 g/mol. The standard InChI is InChI=1S/C20H44N4/c1-5-21(6-2)9-13-23(14-10-21)17-19-24(20-18-23)15-11-22(7-3,8-4)12-16-24/h5-20H2,1-4H3/q+4. The summed E-state index contributed by atoms with van der Waals surface area (Å²) in [5.41, 5.74) is 0. The summed E-state index contributed by atoms with van der Waals surface area (Å²) >= 11 is 0. The van der Waals surface area contributed by atoms with Gasteiger partial charge in [0.05, 0.1) is 26.2 Å². The molecule has 0 saturated carbocycles. The Kier molecular flexibility index (Phi) is 5.33. The van der Waals surface area contributed by atoms with Crippen LogP contribution in [0.25, 0.3) is 0 Å². The van der Waals surface area contributed by atoms with Gasteiger partial charge < -0.3 is 17.9 Å². The van der Waals surface area contributed by atoms with E-state index >= 15 is 0 Å². The molecule has 0 amide bonds. The highest BCUT2D eigenvalue weighted by molar-refractivity contribution is 4.62. The van der Waals surface area contributed by atoms with E-state index in [9.17, 15) is 0 Å². The third-order valence-electron chi connectivity index (χ3n) is 8.98. The average Bonchev–Trinajstić information content (AvgIpc) is 2.67. The maximum Gasteiger partial charge on any atom is 0.129 e. The normalized spacial score (nSPS) is 30.5. The maximum absolute atomic E-state index is 2.40. The third-order valence-corrected chi connectivity index (χ3v) is 8.98. The first-order chi connectivity index (χ1) is 11.5. The summed E-state index contributed by atoms with van der Waals surface area (Å²) in [7, 11) is 0. The molecule has 0 bridgehead atoms. The highest BCUT2D eigenvalue weighted by Crippen LogP contribution is 2.27. The van der Waals surface area contributed by atoms with E-state index in [0.29, 0.717) is 0 Å². The summed E-state index contributed by atoms with van der Waals surface area (Å²) in [5, 5.41) is 0. The van der Waals surface area contributed by atoms with Crippen LogP contribution in [0.3, 0.4) is 0 Å². The van der Waals surface area contributed by atoms with Crippen molar-refractivity contribution in [1.82, 2.24) is 0 Å². The molecule has 24 heavy (non-hydrogen) atoms. The molecule has 3 fully saturated rings. The minimum Gasteiger partial charge on any atom is -0.315 e. The fourth-order valence-electron chi connectivity index (χ4n) is 5.82. The van der Waals surface area contributed by atoms with Crippen LogP contribution in [-0.4, -0.2) is 123 Å². The van der Waals surface area contributed by atoms with E-state index in [2.05, 4.69) is 27.7 Å². The highest BCUT2D eigenvalue weighted by Gasteiger charge is 2.49. The summed E-state index contributed by atoms with van der Waals surface area (Å²) in [5.74, 6) is 0. The average molecular weight is 341 g/mol. The Bertz CT molecular complexity index is 353. The molecule has 2 spiro atoms. The molecule has 0 atom stereocenters. The Morgan fingerprint density at radius 1 is 0.375 bits per heavy atom. The van der Waals surface area contributed by atoms with Crippen LogP contribution in [0, 0.1) is 0 Å². The van der Waals surface area contributed by atoms with Gasteiger partial charge >= 0.3 is 0 Å². The summed E-state index contributed by atoms with van der Waals surface area (Å²) in [6.45, 7) is 32.3. The van der Waals surface area contributed by atoms with Gasteiger partial charge in [-0.25, -0.2) is 0 Å². The summed E-state index contributed by atoms with van der Waals surface area (Å²) in [4.78, 5) is 0. The molecule has 0 aromatic carbocycles. The molecule has 0 aliphatic carbocycles. The Balaban J connectivity index is 1.55. The van der Waals surface area contributed by atoms with Crippen molar-refractivity contribution in [3.63, 3.8) is 0 Å². The number of quaternary nitrogens is 4. The number of rotatable bonds is 4. The molecule has 3 aliphatic rings. The number of hydrogen-bond acceptors (Lipinski definition) is 0. The van der Waals surface area contributed by atoms with E-state index in [-0.39, 0.29) is 0 Å². The van der Waals surface area contributed by atoms with Crippen molar-refractivity contribution in [2.75, 3.05) is 105 Å². The predicted molar refractivity (Wildman–Crippen MR) is 102 cm³/mol. The number of hydrogen-bond donors (Lipinski definition) is 0. The zero-order valence-corrected chi connectivity index (χ0v) is 17.1. The largest absolute Gasteiger partial charge is 0.315 e. The van der Waals surface area contributed by atoms with Gasteiger partial charge in [0, 0.05) is 0 Å². The molecule has 140 valence electrons. The SMILES string of the molecule is CC[N+]1(CC)CC[N+]2(CC1)CC[N+]1(CC[N+](CC)(CC)CC1)CC2. The molecule has 3 aliphatic heterocycles. The molecule has 4 nitrogen and oxygen atoms in total. The highest BCUT2D eigenvalue weighted by atomic mass is 15.5. The van der Waals surface area contributed by atoms with E-state index < -0.39 is 0 Å². The third kappa shape index (κ3) is 3.27. The minimum atomic E-state index is 1.34. The van der Waals surface area contributed by atoms with Gasteiger partial charge in [0.15, 0.2) is 0 Å². The maximum atomic E-state index is 2.40. The van der Waals surface area contributed by atoms with Crippen LogP contribution >= 0.6 is 0 Å². The van der Waals surface area contributed by atoms with Gasteiger partial charge in [0.2, 0.25) is 0 Å². The number of likely N-dealkylation sites (N-methyl/N-ethyl adjacent to an activating group) is 2. The van der Waals surface area contributed by atoms with Crippen LogP contribution in [0.2, 0.25) is 0 Å². The van der Waals surface area contributed by atoms with Crippen molar-refractivity contribution in [3.8, 4) is 0 Å². The van der Waals surface area contributed by atoms with E-state index in [1.165, 1.54) is 123 Å². The summed E-state index contributed by atoms with van der Waals surface area (Å²) < 4.78 is 5.68. The van der Waals surface area contributed by atoms with Gasteiger partial charge in [0.1, 0.15) is 78.5 Å². The fourth-order valence-corrected chi connectivity index (χ4v) is 5.82. The van der Waals surface area contributed by atoms with E-state index in [0.717, 1.165) is 0 Å². The molecule has 0 unspecified atom stereocenters. The van der Waals surface area contributed by atoms with Gasteiger partial charge in [0.25, 0.3) is 0 Å².